The summed E-state index contributed by atoms with van der Waals surface area (Å²) in [7, 11) is 0. The van der Waals surface area contributed by atoms with Gasteiger partial charge in [0.15, 0.2) is 5.58 Å². The van der Waals surface area contributed by atoms with E-state index >= 15 is 0 Å². The van der Waals surface area contributed by atoms with Gasteiger partial charge in [-0.2, -0.15) is 18.2 Å². The molecular weight excluding hydrogens is 355 g/mol. The maximum atomic E-state index is 12.8. The number of nitrogens with one attached hydrogen (secondary N) is 1. The van der Waals surface area contributed by atoms with Crippen LogP contribution in [0.1, 0.15) is 19.4 Å². The molecular formula is C20H18F3N3O. The summed E-state index contributed by atoms with van der Waals surface area (Å²) >= 11 is 0. The first kappa shape index (κ1) is 17.5. The molecule has 0 atom stereocenters. The maximum Gasteiger partial charge on any atom is 0.416 e. The molecule has 1 N–H and O–H groups in total. The van der Waals surface area contributed by atoms with E-state index in [2.05, 4.69) is 9.97 Å². The number of halogens is 3. The highest BCUT2D eigenvalue weighted by atomic mass is 19.4. The Morgan fingerprint density at radius 1 is 1.04 bits per heavy atom. The summed E-state index contributed by atoms with van der Waals surface area (Å²) in [6, 6.07) is 11.4. The lowest BCUT2D eigenvalue weighted by Crippen LogP contribution is -2.21. The van der Waals surface area contributed by atoms with E-state index in [4.69, 9.17) is 4.42 Å². The van der Waals surface area contributed by atoms with Crippen LogP contribution in [0, 0.1) is 0 Å². The smallest absolute Gasteiger partial charge is 0.416 e. The zero-order chi connectivity index (χ0) is 19.2. The number of anilines is 1. The van der Waals surface area contributed by atoms with Crippen molar-refractivity contribution in [1.29, 1.82) is 0 Å². The van der Waals surface area contributed by atoms with E-state index in [1.807, 2.05) is 36.9 Å². The number of aromatic amines is 1. The number of alkyl halides is 3. The Morgan fingerprint density at radius 3 is 2.37 bits per heavy atom. The van der Waals surface area contributed by atoms with E-state index in [0.717, 1.165) is 41.8 Å². The molecule has 2 heterocycles. The van der Waals surface area contributed by atoms with E-state index in [1.165, 1.54) is 12.1 Å². The van der Waals surface area contributed by atoms with Crippen LogP contribution in [0.2, 0.25) is 0 Å². The van der Waals surface area contributed by atoms with Gasteiger partial charge in [-0.15, -0.1) is 0 Å². The second kappa shape index (κ2) is 6.33. The zero-order valence-corrected chi connectivity index (χ0v) is 14.9. The van der Waals surface area contributed by atoms with Gasteiger partial charge in [-0.05, 0) is 49.7 Å². The average Bonchev–Trinajstić information content (AvgIpc) is 3.26. The van der Waals surface area contributed by atoms with Crippen molar-refractivity contribution in [3.05, 3.63) is 48.0 Å². The first-order chi connectivity index (χ1) is 12.9. The van der Waals surface area contributed by atoms with Crippen molar-refractivity contribution in [3.63, 3.8) is 0 Å². The molecule has 0 bridgehead atoms. The Kier molecular flexibility index (Phi) is 4.09. The summed E-state index contributed by atoms with van der Waals surface area (Å²) in [5.74, 6) is 0. The molecule has 4 nitrogen and oxygen atoms in total. The molecule has 7 heteroatoms. The summed E-state index contributed by atoms with van der Waals surface area (Å²) in [6.45, 7) is 5.64. The quantitative estimate of drug-likeness (QED) is 0.489. The van der Waals surface area contributed by atoms with E-state index in [9.17, 15) is 13.2 Å². The van der Waals surface area contributed by atoms with Crippen molar-refractivity contribution in [1.82, 2.24) is 9.97 Å². The molecule has 0 unspecified atom stereocenters. The van der Waals surface area contributed by atoms with Crippen molar-refractivity contribution in [2.45, 2.75) is 20.0 Å². The van der Waals surface area contributed by atoms with E-state index in [0.29, 0.717) is 22.7 Å². The molecule has 0 saturated heterocycles. The lowest BCUT2D eigenvalue weighted by molar-refractivity contribution is -0.137. The Balaban J connectivity index is 1.78. The second-order valence-electron chi connectivity index (χ2n) is 6.30. The highest BCUT2D eigenvalue weighted by molar-refractivity contribution is 6.03. The number of hydrogen-bond acceptors (Lipinski definition) is 3. The minimum atomic E-state index is -4.34. The van der Waals surface area contributed by atoms with Crippen LogP contribution in [0.15, 0.2) is 46.9 Å². The second-order valence-corrected chi connectivity index (χ2v) is 6.30. The van der Waals surface area contributed by atoms with Crippen molar-refractivity contribution in [2.24, 2.45) is 0 Å². The lowest BCUT2D eigenvalue weighted by atomic mass is 10.1. The topological polar surface area (TPSA) is 45.1 Å². The molecule has 0 radical (unpaired) electrons. The number of rotatable bonds is 4. The molecule has 2 aromatic carbocycles. The molecule has 0 spiro atoms. The van der Waals surface area contributed by atoms with Crippen LogP contribution in [0.3, 0.4) is 0 Å². The fourth-order valence-corrected chi connectivity index (χ4v) is 3.20. The van der Waals surface area contributed by atoms with Crippen LogP contribution in [0.4, 0.5) is 19.2 Å². The van der Waals surface area contributed by atoms with Crippen molar-refractivity contribution < 1.29 is 17.6 Å². The van der Waals surface area contributed by atoms with Crippen LogP contribution >= 0.6 is 0 Å². The Hall–Kier alpha value is -2.96. The van der Waals surface area contributed by atoms with Crippen LogP contribution < -0.4 is 4.90 Å². The summed E-state index contributed by atoms with van der Waals surface area (Å²) < 4.78 is 44.1. The third-order valence-corrected chi connectivity index (χ3v) is 4.70. The average molecular weight is 373 g/mol. The maximum absolute atomic E-state index is 12.8. The van der Waals surface area contributed by atoms with E-state index in [-0.39, 0.29) is 0 Å². The monoisotopic (exact) mass is 373 g/mol. The highest BCUT2D eigenvalue weighted by Gasteiger charge is 2.30. The largest absolute Gasteiger partial charge is 0.423 e. The summed E-state index contributed by atoms with van der Waals surface area (Å²) in [5.41, 5.74) is 2.95. The number of oxazole rings is 1. The summed E-state index contributed by atoms with van der Waals surface area (Å²) in [5, 5.41) is 0.928. The number of nitrogens with zero attached hydrogens (tertiary/aromatic N) is 2. The number of hydrogen-bond donors (Lipinski definition) is 1. The van der Waals surface area contributed by atoms with Gasteiger partial charge in [-0.3, -0.25) is 0 Å². The van der Waals surface area contributed by atoms with Crippen LogP contribution in [-0.2, 0) is 6.18 Å². The van der Waals surface area contributed by atoms with E-state index < -0.39 is 11.7 Å². The molecule has 0 aliphatic rings. The third kappa shape index (κ3) is 3.03. The molecule has 4 rings (SSSR count). The van der Waals surface area contributed by atoms with Gasteiger partial charge in [0, 0.05) is 24.2 Å². The van der Waals surface area contributed by atoms with Gasteiger partial charge in [0.25, 0.3) is 6.01 Å². The molecule has 0 amide bonds. The molecule has 2 aromatic heterocycles. The van der Waals surface area contributed by atoms with Gasteiger partial charge in [-0.25, -0.2) is 0 Å². The predicted octanol–water partition coefficient (Wildman–Crippen LogP) is 5.84. The molecule has 0 aliphatic heterocycles. The molecule has 0 fully saturated rings. The fraction of sp³-hybridized carbons (Fsp3) is 0.250. The standard InChI is InChI=1S/C20H18F3N3O/c1-3-26(4-2)19-25-18-16(27-19)10-7-13-11-15(24-17(13)18)12-5-8-14(9-6-12)20(21,22)23/h5-11,24H,3-4H2,1-2H3. The molecule has 0 aliphatic carbocycles. The van der Waals surface area contributed by atoms with Gasteiger partial charge in [0.2, 0.25) is 0 Å². The van der Waals surface area contributed by atoms with Gasteiger partial charge in [0.1, 0.15) is 5.52 Å². The number of fused-ring (bicyclic) bond motifs is 3. The normalized spacial score (nSPS) is 12.2. The van der Waals surface area contributed by atoms with Crippen molar-refractivity contribution >= 4 is 28.0 Å². The number of benzene rings is 2. The summed E-state index contributed by atoms with van der Waals surface area (Å²) in [6.07, 6.45) is -4.34. The van der Waals surface area contributed by atoms with Gasteiger partial charge in [0.05, 0.1) is 11.1 Å². The third-order valence-electron chi connectivity index (χ3n) is 4.70. The first-order valence-electron chi connectivity index (χ1n) is 8.75. The van der Waals surface area contributed by atoms with Crippen LogP contribution in [0.25, 0.3) is 33.3 Å². The Bertz CT molecular complexity index is 1090. The van der Waals surface area contributed by atoms with Gasteiger partial charge >= 0.3 is 6.18 Å². The van der Waals surface area contributed by atoms with E-state index in [1.54, 1.807) is 0 Å². The Morgan fingerprint density at radius 2 is 1.74 bits per heavy atom. The lowest BCUT2D eigenvalue weighted by Gasteiger charge is -2.14. The van der Waals surface area contributed by atoms with Crippen molar-refractivity contribution in [2.75, 3.05) is 18.0 Å². The first-order valence-corrected chi connectivity index (χ1v) is 8.75. The minimum absolute atomic E-state index is 0.563. The highest BCUT2D eigenvalue weighted by Crippen LogP contribution is 2.34. The minimum Gasteiger partial charge on any atom is -0.423 e. The Labute approximate surface area is 153 Å². The predicted molar refractivity (Wildman–Crippen MR) is 99.9 cm³/mol. The van der Waals surface area contributed by atoms with Gasteiger partial charge < -0.3 is 14.3 Å². The van der Waals surface area contributed by atoms with Gasteiger partial charge in [-0.1, -0.05) is 12.1 Å². The zero-order valence-electron chi connectivity index (χ0n) is 14.9. The summed E-state index contributed by atoms with van der Waals surface area (Å²) in [4.78, 5) is 9.91. The number of H-pyrrole nitrogens is 1. The SMILES string of the molecule is CCN(CC)c1nc2c(ccc3cc(-c4ccc(C(F)(F)F)cc4)[nH]c32)o1. The van der Waals surface area contributed by atoms with Crippen molar-refractivity contribution in [3.8, 4) is 11.3 Å². The fourth-order valence-electron chi connectivity index (χ4n) is 3.20. The number of aromatic nitrogens is 2. The molecule has 27 heavy (non-hydrogen) atoms. The van der Waals surface area contributed by atoms with Crippen LogP contribution in [0.5, 0.6) is 0 Å². The molecule has 0 saturated carbocycles. The molecule has 140 valence electrons. The molecule has 4 aromatic rings. The van der Waals surface area contributed by atoms with Crippen LogP contribution in [-0.4, -0.2) is 23.1 Å².